The fourth-order valence-electron chi connectivity index (χ4n) is 3.47. The molecular weight excluding hydrogens is 418 g/mol. The molecule has 0 radical (unpaired) electrons. The van der Waals surface area contributed by atoms with E-state index in [-0.39, 0.29) is 13.2 Å². The van der Waals surface area contributed by atoms with Gasteiger partial charge in [-0.3, -0.25) is 0 Å². The predicted molar refractivity (Wildman–Crippen MR) is 123 cm³/mol. The van der Waals surface area contributed by atoms with Gasteiger partial charge < -0.3 is 24.4 Å². The third-order valence-electron chi connectivity index (χ3n) is 5.47. The van der Waals surface area contributed by atoms with Crippen molar-refractivity contribution in [3.8, 4) is 5.75 Å². The van der Waals surface area contributed by atoms with Gasteiger partial charge in [0, 0.05) is 0 Å². The minimum Gasteiger partial charge on any atom is -0.744 e. The fourth-order valence-corrected chi connectivity index (χ4v) is 4.04. The molecule has 0 aromatic heterocycles. The van der Waals surface area contributed by atoms with E-state index < -0.39 is 20.8 Å². The van der Waals surface area contributed by atoms with Crippen molar-refractivity contribution in [1.82, 2.24) is 0 Å². The molecule has 3 N–H and O–H groups in total. The molecule has 0 aliphatic rings. The molecule has 0 saturated carbocycles. The van der Waals surface area contributed by atoms with E-state index in [1.807, 2.05) is 0 Å². The Balaban J connectivity index is 0.000000683. The number of phenols is 1. The van der Waals surface area contributed by atoms with Crippen LogP contribution in [0.1, 0.15) is 71.1 Å². The zero-order valence-corrected chi connectivity index (χ0v) is 20.2. The van der Waals surface area contributed by atoms with Gasteiger partial charge in [-0.1, -0.05) is 70.4 Å². The van der Waals surface area contributed by atoms with E-state index in [2.05, 4.69) is 14.0 Å². The number of aliphatic hydroxyl groups excluding tert-OH is 2. The first kappa shape index (κ1) is 29.8. The molecule has 182 valence electrons. The lowest BCUT2D eigenvalue weighted by Gasteiger charge is -2.33. The van der Waals surface area contributed by atoms with Crippen LogP contribution in [0.4, 0.5) is 0 Å². The van der Waals surface area contributed by atoms with Crippen molar-refractivity contribution < 1.29 is 32.8 Å². The highest BCUT2D eigenvalue weighted by atomic mass is 32.2. The summed E-state index contributed by atoms with van der Waals surface area (Å²) in [5, 5.41) is 27.1. The first-order chi connectivity index (χ1) is 14.7. The quantitative estimate of drug-likeness (QED) is 0.196. The minimum atomic E-state index is -4.53. The van der Waals surface area contributed by atoms with Crippen LogP contribution in [0.15, 0.2) is 29.2 Å². The van der Waals surface area contributed by atoms with Crippen molar-refractivity contribution in [1.29, 1.82) is 0 Å². The van der Waals surface area contributed by atoms with E-state index in [1.165, 1.54) is 76.3 Å². The molecule has 0 fully saturated rings. The van der Waals surface area contributed by atoms with Crippen molar-refractivity contribution in [2.75, 3.05) is 39.9 Å². The molecule has 8 heteroatoms. The van der Waals surface area contributed by atoms with Crippen LogP contribution < -0.4 is 0 Å². The Morgan fingerprint density at radius 1 is 0.806 bits per heavy atom. The van der Waals surface area contributed by atoms with Gasteiger partial charge in [-0.2, -0.15) is 0 Å². The maximum absolute atomic E-state index is 10.3. The molecule has 7 nitrogen and oxygen atoms in total. The second kappa shape index (κ2) is 17.4. The molecule has 0 bridgehead atoms. The van der Waals surface area contributed by atoms with Gasteiger partial charge in [-0.05, 0) is 25.0 Å². The molecule has 0 aliphatic carbocycles. The summed E-state index contributed by atoms with van der Waals surface area (Å²) in [7, 11) is -2.39. The van der Waals surface area contributed by atoms with Crippen LogP contribution in [0.2, 0.25) is 0 Å². The summed E-state index contributed by atoms with van der Waals surface area (Å²) in [6.07, 6.45) is 13.6. The van der Waals surface area contributed by atoms with Crippen molar-refractivity contribution >= 4 is 10.1 Å². The number of unbranched alkanes of at least 4 members (excludes halogenated alkanes) is 9. The number of hydrogen-bond acceptors (Lipinski definition) is 6. The molecule has 31 heavy (non-hydrogen) atoms. The number of benzene rings is 1. The number of phenolic OH excluding ortho intramolecular Hbond substituents is 1. The second-order valence-electron chi connectivity index (χ2n) is 8.34. The average Bonchev–Trinajstić information content (AvgIpc) is 2.70. The molecule has 0 spiro atoms. The minimum absolute atomic E-state index is 0.217. The molecule has 0 saturated heterocycles. The van der Waals surface area contributed by atoms with Gasteiger partial charge in [0.2, 0.25) is 0 Å². The highest BCUT2D eigenvalue weighted by Gasteiger charge is 2.19. The number of quaternary nitrogens is 1. The van der Waals surface area contributed by atoms with Crippen molar-refractivity contribution in [3.63, 3.8) is 0 Å². The summed E-state index contributed by atoms with van der Waals surface area (Å²) in [4.78, 5) is -0.583. The van der Waals surface area contributed by atoms with Crippen molar-refractivity contribution in [2.24, 2.45) is 0 Å². The lowest BCUT2D eigenvalue weighted by Crippen LogP contribution is -2.48. The molecule has 1 aromatic rings. The van der Waals surface area contributed by atoms with Gasteiger partial charge in [0.1, 0.15) is 29.0 Å². The normalized spacial score (nSPS) is 11.8. The van der Waals surface area contributed by atoms with Crippen LogP contribution in [0, 0.1) is 0 Å². The summed E-state index contributed by atoms with van der Waals surface area (Å²) in [5.41, 5.74) is 0. The molecule has 1 rings (SSSR count). The average molecular weight is 462 g/mol. The monoisotopic (exact) mass is 461 g/mol. The molecule has 0 unspecified atom stereocenters. The van der Waals surface area contributed by atoms with E-state index in [1.54, 1.807) is 0 Å². The number of para-hydroxylation sites is 1. The third-order valence-corrected chi connectivity index (χ3v) is 6.35. The fraction of sp³-hybridized carbons (Fsp3) is 0.739. The number of rotatable bonds is 16. The molecule has 0 atom stereocenters. The van der Waals surface area contributed by atoms with Crippen molar-refractivity contribution in [3.05, 3.63) is 24.3 Å². The van der Waals surface area contributed by atoms with Gasteiger partial charge in [-0.25, -0.2) is 8.42 Å². The van der Waals surface area contributed by atoms with E-state index in [9.17, 15) is 13.0 Å². The molecule has 0 heterocycles. The number of nitrogens with zero attached hydrogens (tertiary/aromatic N) is 1. The van der Waals surface area contributed by atoms with E-state index in [0.29, 0.717) is 0 Å². The van der Waals surface area contributed by atoms with Gasteiger partial charge in [-0.15, -0.1) is 0 Å². The summed E-state index contributed by atoms with van der Waals surface area (Å²) >= 11 is 0. The van der Waals surface area contributed by atoms with Crippen LogP contribution in [-0.4, -0.2) is 72.7 Å². The Labute approximate surface area is 189 Å². The summed E-state index contributed by atoms with van der Waals surface area (Å²) in [6, 6.07) is 5.00. The number of aliphatic hydroxyl groups is 2. The van der Waals surface area contributed by atoms with Gasteiger partial charge >= 0.3 is 0 Å². The lowest BCUT2D eigenvalue weighted by molar-refractivity contribution is -0.910. The van der Waals surface area contributed by atoms with Crippen LogP contribution in [0.5, 0.6) is 5.75 Å². The maximum Gasteiger partial charge on any atom is 0.133 e. The summed E-state index contributed by atoms with van der Waals surface area (Å²) in [6.45, 7) is 5.30. The lowest BCUT2D eigenvalue weighted by atomic mass is 10.1. The molecule has 0 aliphatic heterocycles. The van der Waals surface area contributed by atoms with Crippen LogP contribution in [0.3, 0.4) is 0 Å². The van der Waals surface area contributed by atoms with E-state index in [0.717, 1.165) is 36.3 Å². The van der Waals surface area contributed by atoms with Gasteiger partial charge in [0.25, 0.3) is 0 Å². The largest absolute Gasteiger partial charge is 0.744 e. The van der Waals surface area contributed by atoms with E-state index >= 15 is 0 Å². The topological polar surface area (TPSA) is 118 Å². The Morgan fingerprint density at radius 3 is 1.65 bits per heavy atom. The van der Waals surface area contributed by atoms with Gasteiger partial charge in [0.15, 0.2) is 0 Å². The zero-order valence-electron chi connectivity index (χ0n) is 19.3. The highest BCUT2D eigenvalue weighted by molar-refractivity contribution is 7.85. The number of likely N-dealkylation sites (N-methyl/N-ethyl adjacent to an activating group) is 1. The number of aromatic hydroxyl groups is 1. The Morgan fingerprint density at radius 2 is 1.26 bits per heavy atom. The molecular formula is C23H43NO6S. The first-order valence-corrected chi connectivity index (χ1v) is 12.9. The second-order valence-corrected chi connectivity index (χ2v) is 9.69. The first-order valence-electron chi connectivity index (χ1n) is 11.5. The smallest absolute Gasteiger partial charge is 0.133 e. The van der Waals surface area contributed by atoms with Crippen LogP contribution >= 0.6 is 0 Å². The maximum atomic E-state index is 10.3. The van der Waals surface area contributed by atoms with Crippen LogP contribution in [0.25, 0.3) is 0 Å². The van der Waals surface area contributed by atoms with Gasteiger partial charge in [0.05, 0.1) is 31.7 Å². The number of hydrogen-bond donors (Lipinski definition) is 3. The van der Waals surface area contributed by atoms with Crippen molar-refractivity contribution in [2.45, 2.75) is 76.0 Å². The standard InChI is InChI=1S/C17H38NO2.C6H6O4S/c1-3-4-5-6-7-8-9-10-11-12-13-18(2,14-16-19)15-17-20;7-5-3-1-2-4-6(5)11(8,9)10/h19-20H,3-17H2,1-2H3;1-4,7H,(H,8,9,10)/q+1;/p-1. The Hall–Kier alpha value is -1.19. The summed E-state index contributed by atoms with van der Waals surface area (Å²) < 4.78 is 31.8. The zero-order chi connectivity index (χ0) is 23.6. The predicted octanol–water partition coefficient (Wildman–Crippen LogP) is 3.63. The summed E-state index contributed by atoms with van der Waals surface area (Å²) in [5.74, 6) is -0.512. The van der Waals surface area contributed by atoms with E-state index in [4.69, 9.17) is 15.3 Å². The highest BCUT2D eigenvalue weighted by Crippen LogP contribution is 2.20. The Bertz CT molecular complexity index is 660. The molecule has 1 aromatic carbocycles. The molecule has 0 amide bonds. The Kier molecular flexibility index (Phi) is 16.7. The third kappa shape index (κ3) is 15.3. The van der Waals surface area contributed by atoms with Crippen LogP contribution in [-0.2, 0) is 10.1 Å². The SMILES string of the molecule is CCCCCCCCCCCC[N+](C)(CCO)CCO.O=S(=O)([O-])c1ccccc1O.